The minimum atomic E-state index is -4.47. The Hall–Kier alpha value is -3.50. The number of benzene rings is 1. The number of fused-ring (bicyclic) bond motifs is 1. The maximum absolute atomic E-state index is 13.1. The van der Waals surface area contributed by atoms with Crippen molar-refractivity contribution in [2.75, 3.05) is 23.7 Å². The van der Waals surface area contributed by atoms with Gasteiger partial charge in [0.05, 0.1) is 11.2 Å². The maximum Gasteiger partial charge on any atom is 0.405 e. The van der Waals surface area contributed by atoms with E-state index in [1.54, 1.807) is 12.1 Å². The normalized spacial score (nSPS) is 11.4. The van der Waals surface area contributed by atoms with Crippen LogP contribution in [0, 0.1) is 5.82 Å². The molecule has 1 aromatic carbocycles. The number of primary amides is 1. The van der Waals surface area contributed by atoms with Gasteiger partial charge >= 0.3 is 6.18 Å². The van der Waals surface area contributed by atoms with Gasteiger partial charge in [0, 0.05) is 18.5 Å². The highest BCUT2D eigenvalue weighted by molar-refractivity contribution is 5.88. The number of pyridine rings is 1. The molecule has 0 aliphatic heterocycles. The van der Waals surface area contributed by atoms with Gasteiger partial charge in [-0.25, -0.2) is 14.4 Å². The molecule has 0 unspecified atom stereocenters. The van der Waals surface area contributed by atoms with Gasteiger partial charge in [-0.05, 0) is 36.4 Å². The first-order valence-corrected chi connectivity index (χ1v) is 8.49. The molecule has 2 heterocycles. The molecule has 11 heteroatoms. The van der Waals surface area contributed by atoms with E-state index in [4.69, 9.17) is 5.73 Å². The highest BCUT2D eigenvalue weighted by atomic mass is 19.4. The second-order valence-corrected chi connectivity index (χ2v) is 6.08. The van der Waals surface area contributed by atoms with E-state index >= 15 is 0 Å². The summed E-state index contributed by atoms with van der Waals surface area (Å²) in [6.45, 7) is -1.19. The monoisotopic (exact) mass is 408 g/mol. The molecule has 2 aromatic heterocycles. The van der Waals surface area contributed by atoms with Gasteiger partial charge in [-0.3, -0.25) is 4.79 Å². The number of carbonyl (C=O) groups is 1. The Labute approximate surface area is 162 Å². The number of hydrogen-bond donors (Lipinski definition) is 3. The van der Waals surface area contributed by atoms with Crippen molar-refractivity contribution in [1.82, 2.24) is 15.0 Å². The minimum Gasteiger partial charge on any atom is -0.370 e. The Morgan fingerprint density at radius 1 is 1.00 bits per heavy atom. The number of amides is 1. The molecular formula is C18H16F4N6O. The van der Waals surface area contributed by atoms with E-state index in [0.29, 0.717) is 11.3 Å². The predicted octanol–water partition coefficient (Wildman–Crippen LogP) is 3.09. The molecule has 0 aliphatic carbocycles. The van der Waals surface area contributed by atoms with Crippen LogP contribution in [0.3, 0.4) is 0 Å². The van der Waals surface area contributed by atoms with Gasteiger partial charge in [0.1, 0.15) is 17.9 Å². The summed E-state index contributed by atoms with van der Waals surface area (Å²) in [7, 11) is 0. The Morgan fingerprint density at radius 2 is 1.72 bits per heavy atom. The van der Waals surface area contributed by atoms with E-state index in [1.165, 1.54) is 24.3 Å². The largest absolute Gasteiger partial charge is 0.405 e. The molecule has 3 rings (SSSR count). The van der Waals surface area contributed by atoms with E-state index < -0.39 is 24.4 Å². The summed E-state index contributed by atoms with van der Waals surface area (Å²) in [6.07, 6.45) is -4.46. The summed E-state index contributed by atoms with van der Waals surface area (Å²) in [5.41, 5.74) is 6.48. The van der Waals surface area contributed by atoms with Crippen molar-refractivity contribution < 1.29 is 22.4 Å². The van der Waals surface area contributed by atoms with Crippen molar-refractivity contribution in [3.8, 4) is 11.3 Å². The molecule has 0 atom stereocenters. The van der Waals surface area contributed by atoms with Gasteiger partial charge in [0.15, 0.2) is 5.82 Å². The average molecular weight is 408 g/mol. The van der Waals surface area contributed by atoms with Crippen molar-refractivity contribution in [2.24, 2.45) is 5.73 Å². The van der Waals surface area contributed by atoms with Gasteiger partial charge in [-0.15, -0.1) is 0 Å². The number of aromatic nitrogens is 3. The van der Waals surface area contributed by atoms with Crippen LogP contribution in [-0.2, 0) is 4.79 Å². The lowest BCUT2D eigenvalue weighted by Crippen LogP contribution is -2.22. The number of anilines is 2. The Bertz CT molecular complexity index is 1020. The first-order valence-electron chi connectivity index (χ1n) is 8.49. The molecule has 0 fully saturated rings. The summed E-state index contributed by atoms with van der Waals surface area (Å²) < 4.78 is 51.2. The summed E-state index contributed by atoms with van der Waals surface area (Å²) in [5.74, 6) is -1.06. The van der Waals surface area contributed by atoms with Crippen molar-refractivity contribution in [3.05, 3.63) is 42.2 Å². The number of hydrogen-bond acceptors (Lipinski definition) is 6. The molecule has 152 valence electrons. The fourth-order valence-corrected chi connectivity index (χ4v) is 2.48. The number of nitrogens with one attached hydrogen (secondary N) is 2. The number of nitrogens with two attached hydrogens (primary N) is 1. The van der Waals surface area contributed by atoms with E-state index in [2.05, 4.69) is 25.6 Å². The molecule has 0 radical (unpaired) electrons. The first kappa shape index (κ1) is 20.2. The highest BCUT2D eigenvalue weighted by Crippen LogP contribution is 2.26. The summed E-state index contributed by atoms with van der Waals surface area (Å²) in [5, 5.41) is 4.97. The van der Waals surface area contributed by atoms with Gasteiger partial charge < -0.3 is 16.4 Å². The Balaban J connectivity index is 1.99. The molecule has 7 nitrogen and oxygen atoms in total. The van der Waals surface area contributed by atoms with E-state index in [0.717, 1.165) is 0 Å². The van der Waals surface area contributed by atoms with Gasteiger partial charge in [0.2, 0.25) is 11.9 Å². The fourth-order valence-electron chi connectivity index (χ4n) is 2.48. The lowest BCUT2D eigenvalue weighted by Gasteiger charge is -2.13. The van der Waals surface area contributed by atoms with Crippen molar-refractivity contribution in [1.29, 1.82) is 0 Å². The van der Waals surface area contributed by atoms with E-state index in [1.807, 2.05) is 0 Å². The zero-order valence-corrected chi connectivity index (χ0v) is 14.9. The van der Waals surface area contributed by atoms with Crippen molar-refractivity contribution >= 4 is 28.7 Å². The van der Waals surface area contributed by atoms with Crippen LogP contribution in [0.5, 0.6) is 0 Å². The molecule has 0 saturated heterocycles. The number of carbonyl (C=O) groups excluding carboxylic acids is 1. The van der Waals surface area contributed by atoms with Gasteiger partial charge in [0.25, 0.3) is 0 Å². The minimum absolute atomic E-state index is 0.00840. The summed E-state index contributed by atoms with van der Waals surface area (Å²) >= 11 is 0. The third-order valence-corrected chi connectivity index (χ3v) is 3.79. The second-order valence-electron chi connectivity index (χ2n) is 6.08. The zero-order chi connectivity index (χ0) is 21.0. The van der Waals surface area contributed by atoms with Crippen LogP contribution in [0.25, 0.3) is 22.3 Å². The highest BCUT2D eigenvalue weighted by Gasteiger charge is 2.27. The number of alkyl halides is 3. The molecule has 0 spiro atoms. The lowest BCUT2D eigenvalue weighted by molar-refractivity contribution is -0.118. The maximum atomic E-state index is 13.1. The standard InChI is InChI=1S/C18H16F4N6O/c19-11-3-1-10(2-4-11)12-5-6-13-15(26-12)16(25-9-18(20,21)22)28-17(27-13)24-8-7-14(23)29/h1-6H,7-9H2,(H2,23,29)(H2,24,25,27,28). The fraction of sp³-hybridized carbons (Fsp3) is 0.222. The van der Waals surface area contributed by atoms with Crippen LogP contribution in [0.4, 0.5) is 29.3 Å². The molecule has 3 aromatic rings. The van der Waals surface area contributed by atoms with Crippen LogP contribution in [0.15, 0.2) is 36.4 Å². The molecule has 0 aliphatic rings. The quantitative estimate of drug-likeness (QED) is 0.519. The smallest absolute Gasteiger partial charge is 0.370 e. The topological polar surface area (TPSA) is 106 Å². The zero-order valence-electron chi connectivity index (χ0n) is 14.9. The second kappa shape index (κ2) is 8.25. The molecule has 0 saturated carbocycles. The lowest BCUT2D eigenvalue weighted by atomic mass is 10.1. The van der Waals surface area contributed by atoms with Gasteiger partial charge in [-0.1, -0.05) is 0 Å². The molecular weight excluding hydrogens is 392 g/mol. The third-order valence-electron chi connectivity index (χ3n) is 3.79. The van der Waals surface area contributed by atoms with Gasteiger partial charge in [-0.2, -0.15) is 18.2 Å². The van der Waals surface area contributed by atoms with Crippen LogP contribution in [-0.4, -0.2) is 40.1 Å². The SMILES string of the molecule is NC(=O)CCNc1nc(NCC(F)(F)F)c2nc(-c3ccc(F)cc3)ccc2n1. The van der Waals surface area contributed by atoms with E-state index in [9.17, 15) is 22.4 Å². The summed E-state index contributed by atoms with van der Waals surface area (Å²) in [4.78, 5) is 23.4. The van der Waals surface area contributed by atoms with Crippen LogP contribution in [0.2, 0.25) is 0 Å². The predicted molar refractivity (Wildman–Crippen MR) is 99.6 cm³/mol. The molecule has 0 bridgehead atoms. The Morgan fingerprint density at radius 3 is 2.38 bits per heavy atom. The van der Waals surface area contributed by atoms with Crippen molar-refractivity contribution in [3.63, 3.8) is 0 Å². The van der Waals surface area contributed by atoms with Crippen LogP contribution in [0.1, 0.15) is 6.42 Å². The summed E-state index contributed by atoms with van der Waals surface area (Å²) in [6, 6.07) is 8.71. The number of nitrogens with zero attached hydrogens (tertiary/aromatic N) is 3. The average Bonchev–Trinajstić information content (AvgIpc) is 2.65. The van der Waals surface area contributed by atoms with Crippen LogP contribution < -0.4 is 16.4 Å². The molecule has 29 heavy (non-hydrogen) atoms. The third kappa shape index (κ3) is 5.50. The molecule has 4 N–H and O–H groups in total. The van der Waals surface area contributed by atoms with E-state index in [-0.39, 0.29) is 35.8 Å². The Kier molecular flexibility index (Phi) is 5.76. The first-order chi connectivity index (χ1) is 13.7. The van der Waals surface area contributed by atoms with Crippen LogP contribution >= 0.6 is 0 Å². The van der Waals surface area contributed by atoms with Crippen molar-refractivity contribution in [2.45, 2.75) is 12.6 Å². The number of rotatable bonds is 7. The number of halogens is 4. The molecule has 1 amide bonds.